The molecule has 0 fully saturated rings. The first-order chi connectivity index (χ1) is 8.69. The molecule has 0 saturated heterocycles. The summed E-state index contributed by atoms with van der Waals surface area (Å²) in [4.78, 5) is 19.9. The van der Waals surface area contributed by atoms with Crippen molar-refractivity contribution in [2.75, 3.05) is 17.2 Å². The lowest BCUT2D eigenvalue weighted by Gasteiger charge is -2.02. The molecule has 2 aromatic heterocycles. The van der Waals surface area contributed by atoms with Gasteiger partial charge in [-0.1, -0.05) is 11.3 Å². The zero-order chi connectivity index (χ0) is 13.0. The van der Waals surface area contributed by atoms with E-state index in [1.165, 1.54) is 23.7 Å². The average Bonchev–Trinajstić information content (AvgIpc) is 2.76. The normalized spacial score (nSPS) is 10.1. The molecule has 2 rings (SSSR count). The Morgan fingerprint density at radius 1 is 1.33 bits per heavy atom. The molecule has 0 aromatic carbocycles. The van der Waals surface area contributed by atoms with Gasteiger partial charge in [0.05, 0.1) is 12.4 Å². The number of rotatable bonds is 4. The fraction of sp³-hybridized carbons (Fsp3) is 0.300. The van der Waals surface area contributed by atoms with Crippen LogP contribution in [-0.4, -0.2) is 32.6 Å². The maximum Gasteiger partial charge on any atom is 0.277 e. The third-order valence-corrected chi connectivity index (χ3v) is 2.74. The minimum Gasteiger partial charge on any atom is -0.369 e. The highest BCUT2D eigenvalue weighted by Gasteiger charge is 2.10. The summed E-state index contributed by atoms with van der Waals surface area (Å²) < 4.78 is 0. The van der Waals surface area contributed by atoms with E-state index in [0.29, 0.717) is 10.9 Å². The topological polar surface area (TPSA) is 92.7 Å². The lowest BCUT2D eigenvalue weighted by molar-refractivity contribution is 0.102. The summed E-state index contributed by atoms with van der Waals surface area (Å²) in [6, 6.07) is 0. The van der Waals surface area contributed by atoms with Gasteiger partial charge in [-0.15, -0.1) is 10.2 Å². The summed E-state index contributed by atoms with van der Waals surface area (Å²) in [7, 11) is 0. The lowest BCUT2D eigenvalue weighted by atomic mass is 10.4. The molecule has 0 spiro atoms. The highest BCUT2D eigenvalue weighted by Crippen LogP contribution is 2.14. The quantitative estimate of drug-likeness (QED) is 0.865. The van der Waals surface area contributed by atoms with Crippen molar-refractivity contribution in [3.63, 3.8) is 0 Å². The van der Waals surface area contributed by atoms with Gasteiger partial charge in [-0.2, -0.15) is 0 Å². The molecule has 0 bridgehead atoms. The second kappa shape index (κ2) is 5.50. The first-order valence-corrected chi connectivity index (χ1v) is 6.18. The van der Waals surface area contributed by atoms with Crippen LogP contribution in [0.15, 0.2) is 12.4 Å². The van der Waals surface area contributed by atoms with E-state index >= 15 is 0 Å². The fourth-order valence-corrected chi connectivity index (χ4v) is 1.81. The molecule has 7 nitrogen and oxygen atoms in total. The first-order valence-electron chi connectivity index (χ1n) is 5.36. The Kier molecular flexibility index (Phi) is 3.78. The van der Waals surface area contributed by atoms with Crippen LogP contribution in [0.3, 0.4) is 0 Å². The summed E-state index contributed by atoms with van der Waals surface area (Å²) >= 11 is 1.31. The van der Waals surface area contributed by atoms with Gasteiger partial charge < -0.3 is 5.32 Å². The number of hydrogen-bond acceptors (Lipinski definition) is 7. The van der Waals surface area contributed by atoms with Crippen LogP contribution < -0.4 is 10.6 Å². The Morgan fingerprint density at radius 3 is 2.72 bits per heavy atom. The molecule has 0 aliphatic carbocycles. The van der Waals surface area contributed by atoms with Crippen molar-refractivity contribution < 1.29 is 4.79 Å². The van der Waals surface area contributed by atoms with Crippen molar-refractivity contribution in [1.29, 1.82) is 0 Å². The highest BCUT2D eigenvalue weighted by atomic mass is 32.1. The molecule has 0 aliphatic rings. The van der Waals surface area contributed by atoms with Crippen LogP contribution in [-0.2, 0) is 0 Å². The highest BCUT2D eigenvalue weighted by molar-refractivity contribution is 7.15. The van der Waals surface area contributed by atoms with Gasteiger partial charge in [0, 0.05) is 6.54 Å². The number of anilines is 2. The Hall–Kier alpha value is -2.09. The molecule has 1 amide bonds. The predicted molar refractivity (Wildman–Crippen MR) is 68.8 cm³/mol. The van der Waals surface area contributed by atoms with Gasteiger partial charge in [0.2, 0.25) is 5.13 Å². The zero-order valence-electron chi connectivity index (χ0n) is 9.97. The number of hydrogen-bond donors (Lipinski definition) is 2. The molecule has 8 heteroatoms. The molecule has 0 saturated carbocycles. The van der Waals surface area contributed by atoms with Gasteiger partial charge in [0.25, 0.3) is 5.91 Å². The number of nitrogens with one attached hydrogen (secondary N) is 2. The first kappa shape index (κ1) is 12.4. The number of carbonyl (C=O) groups excluding carboxylic acids is 1. The lowest BCUT2D eigenvalue weighted by Crippen LogP contribution is -2.14. The number of aromatic nitrogens is 4. The van der Waals surface area contributed by atoms with E-state index < -0.39 is 0 Å². The number of aryl methyl sites for hydroxylation is 1. The number of nitrogens with zero attached hydrogens (tertiary/aromatic N) is 4. The Balaban J connectivity index is 2.04. The van der Waals surface area contributed by atoms with Crippen LogP contribution in [0.2, 0.25) is 0 Å². The second-order valence-electron chi connectivity index (χ2n) is 3.40. The van der Waals surface area contributed by atoms with Crippen LogP contribution in [0.25, 0.3) is 0 Å². The Morgan fingerprint density at radius 2 is 2.17 bits per heavy atom. The minimum atomic E-state index is -0.346. The summed E-state index contributed by atoms with van der Waals surface area (Å²) in [6.45, 7) is 4.53. The van der Waals surface area contributed by atoms with E-state index in [-0.39, 0.29) is 11.6 Å². The van der Waals surface area contributed by atoms with Gasteiger partial charge in [-0.05, 0) is 13.8 Å². The molecule has 0 unspecified atom stereocenters. The molecule has 0 atom stereocenters. The van der Waals surface area contributed by atoms with E-state index in [2.05, 4.69) is 30.8 Å². The second-order valence-corrected chi connectivity index (χ2v) is 4.58. The third kappa shape index (κ3) is 2.98. The van der Waals surface area contributed by atoms with Crippen molar-refractivity contribution in [3.8, 4) is 0 Å². The van der Waals surface area contributed by atoms with Crippen LogP contribution in [0.4, 0.5) is 10.9 Å². The third-order valence-electron chi connectivity index (χ3n) is 1.99. The van der Waals surface area contributed by atoms with Gasteiger partial charge in [-0.25, -0.2) is 9.97 Å². The Labute approximate surface area is 108 Å². The van der Waals surface area contributed by atoms with Crippen LogP contribution in [0.1, 0.15) is 22.4 Å². The molecule has 0 radical (unpaired) electrons. The molecular weight excluding hydrogens is 252 g/mol. The standard InChI is InChI=1S/C10H12N6OS/c1-3-11-8-5-12-7(4-13-8)9(17)14-10-16-15-6(2)18-10/h4-5H,3H2,1-2H3,(H,11,13)(H,14,16,17). The van der Waals surface area contributed by atoms with Gasteiger partial charge in [0.15, 0.2) is 0 Å². The number of amides is 1. The molecule has 18 heavy (non-hydrogen) atoms. The molecule has 2 N–H and O–H groups in total. The summed E-state index contributed by atoms with van der Waals surface area (Å²) in [5.74, 6) is 0.294. The van der Waals surface area contributed by atoms with Gasteiger partial charge in [-0.3, -0.25) is 10.1 Å². The van der Waals surface area contributed by atoms with E-state index in [0.717, 1.165) is 11.6 Å². The van der Waals surface area contributed by atoms with Crippen LogP contribution >= 0.6 is 11.3 Å². The van der Waals surface area contributed by atoms with Crippen molar-refractivity contribution >= 4 is 28.2 Å². The predicted octanol–water partition coefficient (Wildman–Crippen LogP) is 1.32. The smallest absolute Gasteiger partial charge is 0.277 e. The van der Waals surface area contributed by atoms with E-state index in [4.69, 9.17) is 0 Å². The zero-order valence-corrected chi connectivity index (χ0v) is 10.8. The van der Waals surface area contributed by atoms with Crippen molar-refractivity contribution in [2.45, 2.75) is 13.8 Å². The van der Waals surface area contributed by atoms with Crippen molar-refractivity contribution in [3.05, 3.63) is 23.1 Å². The summed E-state index contributed by atoms with van der Waals surface area (Å²) in [5, 5.41) is 14.5. The van der Waals surface area contributed by atoms with E-state index in [1.807, 2.05) is 13.8 Å². The number of carbonyl (C=O) groups is 1. The molecular formula is C10H12N6OS. The average molecular weight is 264 g/mol. The van der Waals surface area contributed by atoms with Crippen LogP contribution in [0.5, 0.6) is 0 Å². The minimum absolute atomic E-state index is 0.240. The van der Waals surface area contributed by atoms with Gasteiger partial charge >= 0.3 is 0 Å². The molecule has 2 heterocycles. The van der Waals surface area contributed by atoms with Crippen molar-refractivity contribution in [2.24, 2.45) is 0 Å². The SMILES string of the molecule is CCNc1cnc(C(=O)Nc2nnc(C)s2)cn1. The van der Waals surface area contributed by atoms with Crippen molar-refractivity contribution in [1.82, 2.24) is 20.2 Å². The van der Waals surface area contributed by atoms with Crippen LogP contribution in [0, 0.1) is 6.92 Å². The summed E-state index contributed by atoms with van der Waals surface area (Å²) in [5.41, 5.74) is 0.240. The molecule has 94 valence electrons. The van der Waals surface area contributed by atoms with E-state index in [1.54, 1.807) is 0 Å². The largest absolute Gasteiger partial charge is 0.369 e. The maximum absolute atomic E-state index is 11.8. The van der Waals surface area contributed by atoms with E-state index in [9.17, 15) is 4.79 Å². The summed E-state index contributed by atoms with van der Waals surface area (Å²) in [6.07, 6.45) is 2.94. The Bertz CT molecular complexity index is 538. The molecule has 2 aromatic rings. The fourth-order valence-electron chi connectivity index (χ4n) is 1.23. The molecule has 0 aliphatic heterocycles. The monoisotopic (exact) mass is 264 g/mol. The van der Waals surface area contributed by atoms with Gasteiger partial charge in [0.1, 0.15) is 16.5 Å². The maximum atomic E-state index is 11.8.